The molecule has 0 amide bonds. The maximum Gasteiger partial charge on any atom is 0.227 e. The lowest BCUT2D eigenvalue weighted by molar-refractivity contribution is -0.660. The molecule has 3 nitrogen and oxygen atoms in total. The van der Waals surface area contributed by atoms with Crippen LogP contribution in [0.1, 0.15) is 57.4 Å². The van der Waals surface area contributed by atoms with Crippen molar-refractivity contribution in [2.45, 2.75) is 52.9 Å². The molecule has 1 aliphatic carbocycles. The summed E-state index contributed by atoms with van der Waals surface area (Å²) in [6.45, 7) is 11.5. The van der Waals surface area contributed by atoms with Crippen molar-refractivity contribution in [1.82, 2.24) is 4.98 Å². The molecular formula is C33H35N2O+. The Labute approximate surface area is 213 Å². The van der Waals surface area contributed by atoms with E-state index in [1.807, 2.05) is 0 Å². The summed E-state index contributed by atoms with van der Waals surface area (Å²) in [5.74, 6) is 1.12. The first-order valence-corrected chi connectivity index (χ1v) is 13.2. The molecular weight excluding hydrogens is 440 g/mol. The molecule has 5 aromatic rings. The van der Waals surface area contributed by atoms with Crippen molar-refractivity contribution >= 4 is 22.1 Å². The minimum absolute atomic E-state index is 0.0912. The lowest BCUT2D eigenvalue weighted by Crippen LogP contribution is -2.30. The van der Waals surface area contributed by atoms with Gasteiger partial charge in [0.05, 0.1) is 11.3 Å². The molecule has 0 N–H and O–H groups in total. The van der Waals surface area contributed by atoms with Crippen LogP contribution in [0.5, 0.6) is 0 Å². The van der Waals surface area contributed by atoms with Crippen LogP contribution < -0.4 is 4.57 Å². The predicted molar refractivity (Wildman–Crippen MR) is 148 cm³/mol. The van der Waals surface area contributed by atoms with Gasteiger partial charge in [0.2, 0.25) is 11.4 Å². The molecule has 0 saturated carbocycles. The number of pyridine rings is 2. The Balaban J connectivity index is 1.68. The Morgan fingerprint density at radius 1 is 0.861 bits per heavy atom. The van der Waals surface area contributed by atoms with Crippen LogP contribution in [0.2, 0.25) is 0 Å². The zero-order valence-electron chi connectivity index (χ0n) is 22.2. The maximum atomic E-state index is 6.68. The average molecular weight is 476 g/mol. The highest BCUT2D eigenvalue weighted by Crippen LogP contribution is 2.55. The highest BCUT2D eigenvalue weighted by Gasteiger charge is 2.45. The Bertz CT molecular complexity index is 1610. The van der Waals surface area contributed by atoms with Crippen LogP contribution in [0.4, 0.5) is 0 Å². The van der Waals surface area contributed by atoms with Crippen molar-refractivity contribution in [3.63, 3.8) is 0 Å². The molecule has 0 spiro atoms. The first-order valence-electron chi connectivity index (χ1n) is 13.2. The number of fused-ring (bicyclic) bond motifs is 6. The Morgan fingerprint density at radius 2 is 1.58 bits per heavy atom. The van der Waals surface area contributed by atoms with E-state index in [2.05, 4.69) is 113 Å². The number of furan rings is 1. The van der Waals surface area contributed by atoms with E-state index in [1.54, 1.807) is 0 Å². The van der Waals surface area contributed by atoms with E-state index in [9.17, 15) is 0 Å². The quantitative estimate of drug-likeness (QED) is 0.240. The van der Waals surface area contributed by atoms with Crippen LogP contribution in [-0.2, 0) is 12.5 Å². The molecule has 3 heteroatoms. The number of benzene rings is 2. The highest BCUT2D eigenvalue weighted by atomic mass is 16.3. The SMILES string of the molecule is Cc1ccc2c(oc3nc4c(cc32)-c2ccccc2C4(CC(C)C)CC(C)C)c1-c1cccc[n+]1C. The summed E-state index contributed by atoms with van der Waals surface area (Å²) in [5.41, 5.74) is 10.3. The Hall–Kier alpha value is -3.46. The third-order valence-corrected chi connectivity index (χ3v) is 7.85. The zero-order valence-corrected chi connectivity index (χ0v) is 22.2. The fourth-order valence-electron chi connectivity index (χ4n) is 6.69. The van der Waals surface area contributed by atoms with Gasteiger partial charge in [-0.1, -0.05) is 64.1 Å². The highest BCUT2D eigenvalue weighted by molar-refractivity contribution is 6.10. The van der Waals surface area contributed by atoms with Gasteiger partial charge in [-0.2, -0.15) is 0 Å². The minimum Gasteiger partial charge on any atom is -0.437 e. The zero-order chi connectivity index (χ0) is 25.2. The van der Waals surface area contributed by atoms with Gasteiger partial charge < -0.3 is 4.42 Å². The molecule has 0 unspecified atom stereocenters. The third kappa shape index (κ3) is 3.32. The maximum absolute atomic E-state index is 6.68. The summed E-state index contributed by atoms with van der Waals surface area (Å²) in [6, 6.07) is 22.0. The van der Waals surface area contributed by atoms with Crippen LogP contribution in [0, 0.1) is 18.8 Å². The molecule has 0 fully saturated rings. The van der Waals surface area contributed by atoms with E-state index in [0.717, 1.165) is 46.2 Å². The number of hydrogen-bond donors (Lipinski definition) is 0. The molecule has 2 aromatic carbocycles. The second-order valence-corrected chi connectivity index (χ2v) is 11.5. The molecule has 3 heterocycles. The summed E-state index contributed by atoms with van der Waals surface area (Å²) in [6.07, 6.45) is 4.25. The van der Waals surface area contributed by atoms with Gasteiger partial charge in [-0.3, -0.25) is 0 Å². The van der Waals surface area contributed by atoms with Gasteiger partial charge in [-0.15, -0.1) is 0 Å². The lowest BCUT2D eigenvalue weighted by atomic mass is 9.69. The number of aromatic nitrogens is 2. The van der Waals surface area contributed by atoms with E-state index in [4.69, 9.17) is 9.40 Å². The predicted octanol–water partition coefficient (Wildman–Crippen LogP) is 8.14. The molecule has 0 saturated heterocycles. The molecule has 3 aromatic heterocycles. The van der Waals surface area contributed by atoms with Gasteiger partial charge in [0.1, 0.15) is 7.05 Å². The van der Waals surface area contributed by atoms with Crippen LogP contribution in [0.3, 0.4) is 0 Å². The molecule has 1 aliphatic rings. The fourth-order valence-corrected chi connectivity index (χ4v) is 6.69. The van der Waals surface area contributed by atoms with Gasteiger partial charge in [0, 0.05) is 33.9 Å². The van der Waals surface area contributed by atoms with E-state index in [-0.39, 0.29) is 5.41 Å². The van der Waals surface area contributed by atoms with Crippen LogP contribution >= 0.6 is 0 Å². The second kappa shape index (κ2) is 8.30. The molecule has 0 aliphatic heterocycles. The van der Waals surface area contributed by atoms with Gasteiger partial charge in [-0.25, -0.2) is 9.55 Å². The van der Waals surface area contributed by atoms with Crippen molar-refractivity contribution in [1.29, 1.82) is 0 Å². The van der Waals surface area contributed by atoms with E-state index in [1.165, 1.54) is 27.9 Å². The van der Waals surface area contributed by atoms with E-state index < -0.39 is 0 Å². The normalized spacial score (nSPS) is 14.2. The van der Waals surface area contributed by atoms with Gasteiger partial charge >= 0.3 is 0 Å². The van der Waals surface area contributed by atoms with Crippen LogP contribution in [-0.4, -0.2) is 4.98 Å². The second-order valence-electron chi connectivity index (χ2n) is 11.5. The van der Waals surface area contributed by atoms with Gasteiger partial charge in [0.15, 0.2) is 11.8 Å². The average Bonchev–Trinajstić information content (AvgIpc) is 3.31. The lowest BCUT2D eigenvalue weighted by Gasteiger charge is -2.34. The summed E-state index contributed by atoms with van der Waals surface area (Å²) < 4.78 is 8.84. The van der Waals surface area contributed by atoms with Crippen molar-refractivity contribution in [3.05, 3.63) is 83.7 Å². The Kier molecular flexibility index (Phi) is 5.29. The van der Waals surface area contributed by atoms with Crippen molar-refractivity contribution in [3.8, 4) is 22.4 Å². The smallest absolute Gasteiger partial charge is 0.227 e. The van der Waals surface area contributed by atoms with Crippen LogP contribution in [0.15, 0.2) is 71.3 Å². The molecule has 6 rings (SSSR count). The number of hydrogen-bond acceptors (Lipinski definition) is 2. The first kappa shape index (κ1) is 23.0. The summed E-state index contributed by atoms with van der Waals surface area (Å²) in [4.78, 5) is 5.38. The van der Waals surface area contributed by atoms with Crippen molar-refractivity contribution in [2.24, 2.45) is 18.9 Å². The van der Waals surface area contributed by atoms with Crippen molar-refractivity contribution < 1.29 is 8.98 Å². The molecule has 0 bridgehead atoms. The number of nitrogens with zero attached hydrogens (tertiary/aromatic N) is 2. The summed E-state index contributed by atoms with van der Waals surface area (Å²) in [5, 5.41) is 2.23. The monoisotopic (exact) mass is 475 g/mol. The van der Waals surface area contributed by atoms with Crippen molar-refractivity contribution in [2.75, 3.05) is 0 Å². The fraction of sp³-hybridized carbons (Fsp3) is 0.333. The number of rotatable bonds is 5. The number of aryl methyl sites for hydroxylation is 2. The standard InChI is InChI=1S/C33H35N2O/c1-20(2)18-33(19-21(3)4)27-12-8-7-11-23(27)25-17-26-24-15-14-22(5)29(28-13-9-10-16-35(28)6)30(24)36-32(26)34-31(25)33/h7-17,20-21H,18-19H2,1-6H3/q+1. The van der Waals surface area contributed by atoms with Gasteiger partial charge in [-0.05, 0) is 60.4 Å². The Morgan fingerprint density at radius 3 is 2.31 bits per heavy atom. The summed E-state index contributed by atoms with van der Waals surface area (Å²) >= 11 is 0. The van der Waals surface area contributed by atoms with Gasteiger partial charge in [0.25, 0.3) is 0 Å². The minimum atomic E-state index is -0.0912. The first-order chi connectivity index (χ1) is 17.3. The summed E-state index contributed by atoms with van der Waals surface area (Å²) in [7, 11) is 2.09. The van der Waals surface area contributed by atoms with E-state index in [0.29, 0.717) is 11.8 Å². The molecule has 0 radical (unpaired) electrons. The topological polar surface area (TPSA) is 29.9 Å². The third-order valence-electron chi connectivity index (χ3n) is 7.85. The largest absolute Gasteiger partial charge is 0.437 e. The van der Waals surface area contributed by atoms with E-state index >= 15 is 0 Å². The molecule has 36 heavy (non-hydrogen) atoms. The molecule has 0 atom stereocenters. The van der Waals surface area contributed by atoms with Crippen LogP contribution in [0.25, 0.3) is 44.5 Å². The molecule has 182 valence electrons.